The van der Waals surface area contributed by atoms with Crippen LogP contribution in [0.15, 0.2) is 42.6 Å². The van der Waals surface area contributed by atoms with E-state index in [4.69, 9.17) is 0 Å². The van der Waals surface area contributed by atoms with Gasteiger partial charge >= 0.3 is 0 Å². The van der Waals surface area contributed by atoms with Gasteiger partial charge in [0.25, 0.3) is 5.69 Å². The Kier molecular flexibility index (Phi) is 4.11. The first-order chi connectivity index (χ1) is 13.0. The third-order valence-electron chi connectivity index (χ3n) is 4.48. The van der Waals surface area contributed by atoms with Gasteiger partial charge in [-0.1, -0.05) is 0 Å². The molecular weight excluding hydrogens is 353 g/mol. The van der Waals surface area contributed by atoms with Crippen LogP contribution in [0.25, 0.3) is 11.3 Å². The summed E-state index contributed by atoms with van der Waals surface area (Å²) in [5.74, 6) is -0.644. The summed E-state index contributed by atoms with van der Waals surface area (Å²) in [5.41, 5.74) is 2.73. The number of aromatic amines is 1. The topological polar surface area (TPSA) is 105 Å². The van der Waals surface area contributed by atoms with E-state index in [1.54, 1.807) is 11.1 Å². The number of aromatic nitrogens is 3. The Morgan fingerprint density at radius 1 is 1.22 bits per heavy atom. The Balaban J connectivity index is 1.61. The van der Waals surface area contributed by atoms with E-state index in [1.807, 2.05) is 0 Å². The summed E-state index contributed by atoms with van der Waals surface area (Å²) in [7, 11) is 0. The van der Waals surface area contributed by atoms with Gasteiger partial charge in [0.15, 0.2) is 0 Å². The van der Waals surface area contributed by atoms with E-state index in [0.29, 0.717) is 24.3 Å². The second-order valence-electron chi connectivity index (χ2n) is 6.23. The monoisotopic (exact) mass is 367 g/mol. The number of pyridine rings is 1. The second-order valence-corrected chi connectivity index (χ2v) is 6.23. The normalized spacial score (nSPS) is 12.9. The minimum absolute atomic E-state index is 0.0838. The molecular formula is C18H14FN5O3. The number of carbonyl (C=O) groups is 1. The number of amides is 1. The highest BCUT2D eigenvalue weighted by atomic mass is 19.1. The lowest BCUT2D eigenvalue weighted by atomic mass is 10.1. The molecule has 1 aromatic carbocycles. The highest BCUT2D eigenvalue weighted by Crippen LogP contribution is 2.26. The van der Waals surface area contributed by atoms with Crippen molar-refractivity contribution in [2.45, 2.75) is 19.5 Å². The van der Waals surface area contributed by atoms with E-state index in [1.165, 1.54) is 36.4 Å². The summed E-state index contributed by atoms with van der Waals surface area (Å²) in [5, 5.41) is 18.1. The number of hydrogen-bond acceptors (Lipinski definition) is 5. The summed E-state index contributed by atoms with van der Waals surface area (Å²) >= 11 is 0. The smallest absolute Gasteiger partial charge is 0.291 e. The number of benzene rings is 1. The molecule has 1 aliphatic heterocycles. The zero-order chi connectivity index (χ0) is 19.0. The van der Waals surface area contributed by atoms with Crippen LogP contribution in [0.4, 0.5) is 10.1 Å². The zero-order valence-electron chi connectivity index (χ0n) is 14.1. The maximum Gasteiger partial charge on any atom is 0.291 e. The standard InChI is InChI=1S/C18H14FN5O3/c19-13-3-1-11(2-4-13)14-5-6-17(24(26)27)15(21-14)7-18(25)23-9-12-8-20-22-16(12)10-23/h1-6,8H,7,9-10H2,(H,20,22). The van der Waals surface area contributed by atoms with E-state index in [-0.39, 0.29) is 29.5 Å². The fourth-order valence-electron chi connectivity index (χ4n) is 3.07. The molecule has 0 fully saturated rings. The molecule has 0 saturated carbocycles. The van der Waals surface area contributed by atoms with Crippen molar-refractivity contribution in [1.82, 2.24) is 20.1 Å². The molecule has 4 rings (SSSR count). The lowest BCUT2D eigenvalue weighted by Gasteiger charge is -2.15. The van der Waals surface area contributed by atoms with Gasteiger partial charge in [-0.2, -0.15) is 5.10 Å². The molecule has 0 spiro atoms. The maximum absolute atomic E-state index is 13.1. The maximum atomic E-state index is 13.1. The molecule has 0 atom stereocenters. The molecule has 0 saturated heterocycles. The van der Waals surface area contributed by atoms with Crippen LogP contribution in [0.2, 0.25) is 0 Å². The van der Waals surface area contributed by atoms with Gasteiger partial charge in [-0.05, 0) is 30.3 Å². The van der Waals surface area contributed by atoms with E-state index in [2.05, 4.69) is 15.2 Å². The predicted molar refractivity (Wildman–Crippen MR) is 92.8 cm³/mol. The second kappa shape index (κ2) is 6.60. The van der Waals surface area contributed by atoms with Crippen molar-refractivity contribution >= 4 is 11.6 Å². The third-order valence-corrected chi connectivity index (χ3v) is 4.48. The molecule has 1 amide bonds. The molecule has 0 radical (unpaired) electrons. The molecule has 8 nitrogen and oxygen atoms in total. The average molecular weight is 367 g/mol. The van der Waals surface area contributed by atoms with Gasteiger partial charge in [0.1, 0.15) is 11.5 Å². The van der Waals surface area contributed by atoms with E-state index in [0.717, 1.165) is 11.3 Å². The molecule has 27 heavy (non-hydrogen) atoms. The Labute approximate surface area is 152 Å². The third kappa shape index (κ3) is 3.26. The van der Waals surface area contributed by atoms with Crippen LogP contribution >= 0.6 is 0 Å². The van der Waals surface area contributed by atoms with Crippen LogP contribution < -0.4 is 0 Å². The van der Waals surface area contributed by atoms with Crippen LogP contribution in [-0.2, 0) is 24.3 Å². The zero-order valence-corrected chi connectivity index (χ0v) is 14.1. The van der Waals surface area contributed by atoms with Crippen LogP contribution in [0.3, 0.4) is 0 Å². The number of carbonyl (C=O) groups excluding carboxylic acids is 1. The molecule has 136 valence electrons. The van der Waals surface area contributed by atoms with Crippen molar-refractivity contribution in [1.29, 1.82) is 0 Å². The summed E-state index contributed by atoms with van der Waals surface area (Å²) in [6.45, 7) is 0.801. The molecule has 9 heteroatoms. The van der Waals surface area contributed by atoms with Gasteiger partial charge in [-0.25, -0.2) is 9.37 Å². The van der Waals surface area contributed by atoms with Gasteiger partial charge in [0.05, 0.1) is 35.5 Å². The lowest BCUT2D eigenvalue weighted by Crippen LogP contribution is -2.28. The number of fused-ring (bicyclic) bond motifs is 1. The first kappa shape index (κ1) is 16.8. The quantitative estimate of drug-likeness (QED) is 0.564. The van der Waals surface area contributed by atoms with Gasteiger partial charge in [0.2, 0.25) is 5.91 Å². The molecule has 1 aliphatic rings. The molecule has 0 unspecified atom stereocenters. The molecule has 3 heterocycles. The Bertz CT molecular complexity index is 1010. The number of nitro groups is 1. The van der Waals surface area contributed by atoms with Crippen molar-refractivity contribution in [3.8, 4) is 11.3 Å². The molecule has 0 aliphatic carbocycles. The van der Waals surface area contributed by atoms with Crippen LogP contribution in [-0.4, -0.2) is 30.9 Å². The number of hydrogen-bond donors (Lipinski definition) is 1. The summed E-state index contributed by atoms with van der Waals surface area (Å²) in [6.07, 6.45) is 1.47. The van der Waals surface area contributed by atoms with Crippen molar-refractivity contribution in [2.24, 2.45) is 0 Å². The first-order valence-corrected chi connectivity index (χ1v) is 8.20. The summed E-state index contributed by atoms with van der Waals surface area (Å²) in [4.78, 5) is 29.3. The summed E-state index contributed by atoms with van der Waals surface area (Å²) < 4.78 is 13.1. The summed E-state index contributed by atoms with van der Waals surface area (Å²) in [6, 6.07) is 8.46. The van der Waals surface area contributed by atoms with Crippen molar-refractivity contribution in [3.63, 3.8) is 0 Å². The number of nitrogens with zero attached hydrogens (tertiary/aromatic N) is 4. The highest BCUT2D eigenvalue weighted by molar-refractivity contribution is 5.80. The van der Waals surface area contributed by atoms with Gasteiger partial charge in [-0.15, -0.1) is 0 Å². The van der Waals surface area contributed by atoms with E-state index in [9.17, 15) is 19.3 Å². The largest absolute Gasteiger partial charge is 0.332 e. The van der Waals surface area contributed by atoms with Crippen LogP contribution in [0, 0.1) is 15.9 Å². The molecule has 0 bridgehead atoms. The lowest BCUT2D eigenvalue weighted by molar-refractivity contribution is -0.385. The number of nitrogens with one attached hydrogen (secondary N) is 1. The SMILES string of the molecule is O=C(Cc1nc(-c2ccc(F)cc2)ccc1[N+](=O)[O-])N1Cc2cn[nH]c2C1. The van der Waals surface area contributed by atoms with Gasteiger partial charge in [-0.3, -0.25) is 20.0 Å². The first-order valence-electron chi connectivity index (χ1n) is 8.20. The van der Waals surface area contributed by atoms with Crippen LogP contribution in [0.1, 0.15) is 17.0 Å². The minimum atomic E-state index is -0.555. The minimum Gasteiger partial charge on any atom is -0.332 e. The molecule has 3 aromatic rings. The molecule has 2 aromatic heterocycles. The Hall–Kier alpha value is -3.62. The van der Waals surface area contributed by atoms with Gasteiger partial charge in [0, 0.05) is 23.7 Å². The van der Waals surface area contributed by atoms with Crippen molar-refractivity contribution in [2.75, 3.05) is 0 Å². The van der Waals surface area contributed by atoms with Gasteiger partial charge < -0.3 is 4.90 Å². The Morgan fingerprint density at radius 2 is 2.00 bits per heavy atom. The average Bonchev–Trinajstić information content (AvgIpc) is 3.24. The fraction of sp³-hybridized carbons (Fsp3) is 0.167. The van der Waals surface area contributed by atoms with Crippen LogP contribution in [0.5, 0.6) is 0 Å². The van der Waals surface area contributed by atoms with E-state index >= 15 is 0 Å². The molecule has 1 N–H and O–H groups in total. The van der Waals surface area contributed by atoms with Crippen molar-refractivity contribution < 1.29 is 14.1 Å². The Morgan fingerprint density at radius 3 is 2.70 bits per heavy atom. The number of rotatable bonds is 4. The number of H-pyrrole nitrogens is 1. The van der Waals surface area contributed by atoms with E-state index < -0.39 is 4.92 Å². The van der Waals surface area contributed by atoms with Crippen molar-refractivity contribution in [3.05, 3.63) is 75.5 Å². The predicted octanol–water partition coefficient (Wildman–Crippen LogP) is 2.60. The highest BCUT2D eigenvalue weighted by Gasteiger charge is 2.27. The fourth-order valence-corrected chi connectivity index (χ4v) is 3.07. The number of halogens is 1.